The fourth-order valence-electron chi connectivity index (χ4n) is 4.19. The quantitative estimate of drug-likeness (QED) is 0.758. The molecule has 0 bridgehead atoms. The molecular formula is C17H34N2O. The summed E-state index contributed by atoms with van der Waals surface area (Å²) in [7, 11) is 2.12. The Hall–Kier alpha value is -0.120. The molecule has 3 heteroatoms. The third-order valence-electron chi connectivity index (χ3n) is 5.21. The average molecular weight is 282 g/mol. The third kappa shape index (κ3) is 4.71. The predicted molar refractivity (Wildman–Crippen MR) is 85.1 cm³/mol. The zero-order chi connectivity index (χ0) is 14.3. The molecule has 1 saturated heterocycles. The first-order valence-corrected chi connectivity index (χ1v) is 8.76. The van der Waals surface area contributed by atoms with Crippen LogP contribution < -0.4 is 5.32 Å². The summed E-state index contributed by atoms with van der Waals surface area (Å²) in [5.74, 6) is 0. The number of hydrogen-bond acceptors (Lipinski definition) is 3. The molecule has 0 amide bonds. The molecule has 2 rings (SSSR count). The van der Waals surface area contributed by atoms with E-state index >= 15 is 0 Å². The maximum atomic E-state index is 5.77. The van der Waals surface area contributed by atoms with Gasteiger partial charge in [-0.15, -0.1) is 0 Å². The Morgan fingerprint density at radius 3 is 2.30 bits per heavy atom. The number of nitrogens with zero attached hydrogens (tertiary/aromatic N) is 1. The van der Waals surface area contributed by atoms with Gasteiger partial charge in [0.2, 0.25) is 0 Å². The van der Waals surface area contributed by atoms with E-state index in [-0.39, 0.29) is 0 Å². The molecule has 0 spiro atoms. The van der Waals surface area contributed by atoms with Crippen LogP contribution in [0, 0.1) is 5.41 Å². The van der Waals surface area contributed by atoms with Crippen molar-refractivity contribution in [3.63, 3.8) is 0 Å². The number of piperidine rings is 1. The molecule has 0 aromatic rings. The van der Waals surface area contributed by atoms with E-state index in [2.05, 4.69) is 24.2 Å². The van der Waals surface area contributed by atoms with Crippen molar-refractivity contribution < 1.29 is 4.74 Å². The van der Waals surface area contributed by atoms with Crippen molar-refractivity contribution in [1.29, 1.82) is 0 Å². The van der Waals surface area contributed by atoms with Gasteiger partial charge in [0.25, 0.3) is 0 Å². The van der Waals surface area contributed by atoms with Gasteiger partial charge in [0, 0.05) is 32.8 Å². The average Bonchev–Trinajstić information content (AvgIpc) is 2.68. The van der Waals surface area contributed by atoms with Crippen LogP contribution in [0.4, 0.5) is 0 Å². The van der Waals surface area contributed by atoms with Crippen molar-refractivity contribution in [2.24, 2.45) is 5.41 Å². The number of ether oxygens (including phenoxy) is 1. The Kier molecular flexibility index (Phi) is 6.79. The van der Waals surface area contributed by atoms with Crippen LogP contribution in [0.1, 0.15) is 58.3 Å². The van der Waals surface area contributed by atoms with E-state index in [1.807, 2.05) is 0 Å². The van der Waals surface area contributed by atoms with Gasteiger partial charge in [-0.05, 0) is 45.1 Å². The fourth-order valence-corrected chi connectivity index (χ4v) is 4.19. The Morgan fingerprint density at radius 2 is 1.75 bits per heavy atom. The molecule has 2 aliphatic rings. The molecule has 1 aliphatic heterocycles. The summed E-state index contributed by atoms with van der Waals surface area (Å²) in [6.07, 6.45) is 11.5. The summed E-state index contributed by atoms with van der Waals surface area (Å²) in [4.78, 5) is 2.71. The molecule has 1 N–H and O–H groups in total. The molecule has 1 saturated carbocycles. The molecule has 0 atom stereocenters. The first-order valence-electron chi connectivity index (χ1n) is 8.76. The summed E-state index contributed by atoms with van der Waals surface area (Å²) in [6, 6.07) is 0. The predicted octanol–water partition coefficient (Wildman–Crippen LogP) is 3.05. The Balaban J connectivity index is 1.85. The molecule has 1 heterocycles. The zero-order valence-electron chi connectivity index (χ0n) is 13.6. The maximum absolute atomic E-state index is 5.77. The largest absolute Gasteiger partial charge is 0.378 e. The molecule has 20 heavy (non-hydrogen) atoms. The topological polar surface area (TPSA) is 24.5 Å². The fraction of sp³-hybridized carbons (Fsp3) is 1.00. The lowest BCUT2D eigenvalue weighted by atomic mass is 9.79. The molecule has 3 nitrogen and oxygen atoms in total. The molecule has 2 fully saturated rings. The van der Waals surface area contributed by atoms with Crippen molar-refractivity contribution in [2.75, 3.05) is 39.8 Å². The lowest BCUT2D eigenvalue weighted by molar-refractivity contribution is 0.00217. The van der Waals surface area contributed by atoms with Crippen LogP contribution in [-0.2, 0) is 4.74 Å². The van der Waals surface area contributed by atoms with Crippen LogP contribution in [0.3, 0.4) is 0 Å². The van der Waals surface area contributed by atoms with E-state index < -0.39 is 0 Å². The van der Waals surface area contributed by atoms with Crippen molar-refractivity contribution in [2.45, 2.75) is 64.4 Å². The van der Waals surface area contributed by atoms with E-state index in [4.69, 9.17) is 4.74 Å². The second-order valence-corrected chi connectivity index (χ2v) is 6.88. The van der Waals surface area contributed by atoms with Gasteiger partial charge in [0.1, 0.15) is 0 Å². The zero-order valence-corrected chi connectivity index (χ0v) is 13.6. The second-order valence-electron chi connectivity index (χ2n) is 6.88. The van der Waals surface area contributed by atoms with E-state index in [0.717, 1.165) is 6.61 Å². The SMILES string of the molecule is CCOC1CCN(CC2(CNC)CCCCCC2)CC1. The van der Waals surface area contributed by atoms with E-state index in [1.165, 1.54) is 77.5 Å². The lowest BCUT2D eigenvalue weighted by Crippen LogP contribution is -2.47. The summed E-state index contributed by atoms with van der Waals surface area (Å²) in [5, 5.41) is 3.47. The Labute approximate surface area is 125 Å². The van der Waals surface area contributed by atoms with E-state index in [9.17, 15) is 0 Å². The first-order chi connectivity index (χ1) is 9.78. The Bertz CT molecular complexity index is 254. The van der Waals surface area contributed by atoms with Crippen LogP contribution in [-0.4, -0.2) is 50.8 Å². The van der Waals surface area contributed by atoms with E-state index in [1.54, 1.807) is 0 Å². The first kappa shape index (κ1) is 16.3. The molecule has 0 unspecified atom stereocenters. The van der Waals surface area contributed by atoms with Crippen molar-refractivity contribution in [3.8, 4) is 0 Å². The van der Waals surface area contributed by atoms with Gasteiger partial charge in [0.15, 0.2) is 0 Å². The monoisotopic (exact) mass is 282 g/mol. The minimum atomic E-state index is 0.519. The number of likely N-dealkylation sites (tertiary alicyclic amines) is 1. The molecular weight excluding hydrogens is 248 g/mol. The normalized spacial score (nSPS) is 25.5. The second kappa shape index (κ2) is 8.35. The summed E-state index contributed by atoms with van der Waals surface area (Å²) >= 11 is 0. The van der Waals surface area contributed by atoms with Gasteiger partial charge in [-0.2, -0.15) is 0 Å². The Morgan fingerprint density at radius 1 is 1.10 bits per heavy atom. The van der Waals surface area contributed by atoms with Crippen LogP contribution in [0.15, 0.2) is 0 Å². The van der Waals surface area contributed by atoms with Crippen LogP contribution in [0.25, 0.3) is 0 Å². The molecule has 118 valence electrons. The summed E-state index contributed by atoms with van der Waals surface area (Å²) in [6.45, 7) is 7.94. The summed E-state index contributed by atoms with van der Waals surface area (Å²) in [5.41, 5.74) is 0.531. The minimum Gasteiger partial charge on any atom is -0.378 e. The van der Waals surface area contributed by atoms with Gasteiger partial charge >= 0.3 is 0 Å². The highest BCUT2D eigenvalue weighted by atomic mass is 16.5. The molecule has 0 aromatic heterocycles. The van der Waals surface area contributed by atoms with Crippen molar-refractivity contribution >= 4 is 0 Å². The highest BCUT2D eigenvalue weighted by molar-refractivity contribution is 4.88. The van der Waals surface area contributed by atoms with Crippen LogP contribution in [0.5, 0.6) is 0 Å². The standard InChI is InChI=1S/C17H34N2O/c1-3-20-16-8-12-19(13-9-16)15-17(14-18-2)10-6-4-5-7-11-17/h16,18H,3-15H2,1-2H3. The van der Waals surface area contributed by atoms with Gasteiger partial charge in [-0.1, -0.05) is 25.7 Å². The number of hydrogen-bond donors (Lipinski definition) is 1. The lowest BCUT2D eigenvalue weighted by Gasteiger charge is -2.41. The number of nitrogens with one attached hydrogen (secondary N) is 1. The highest BCUT2D eigenvalue weighted by Gasteiger charge is 2.33. The van der Waals surface area contributed by atoms with Gasteiger partial charge in [-0.3, -0.25) is 0 Å². The van der Waals surface area contributed by atoms with Crippen molar-refractivity contribution in [1.82, 2.24) is 10.2 Å². The van der Waals surface area contributed by atoms with E-state index in [0.29, 0.717) is 11.5 Å². The number of rotatable bonds is 6. The van der Waals surface area contributed by atoms with Gasteiger partial charge < -0.3 is 15.0 Å². The molecule has 0 aromatic carbocycles. The summed E-state index contributed by atoms with van der Waals surface area (Å²) < 4.78 is 5.77. The smallest absolute Gasteiger partial charge is 0.0599 e. The van der Waals surface area contributed by atoms with Gasteiger partial charge in [0.05, 0.1) is 6.10 Å². The van der Waals surface area contributed by atoms with Crippen LogP contribution >= 0.6 is 0 Å². The molecule has 1 aliphatic carbocycles. The van der Waals surface area contributed by atoms with Crippen LogP contribution in [0.2, 0.25) is 0 Å². The molecule has 0 radical (unpaired) electrons. The van der Waals surface area contributed by atoms with Crippen molar-refractivity contribution in [3.05, 3.63) is 0 Å². The minimum absolute atomic E-state index is 0.519. The maximum Gasteiger partial charge on any atom is 0.0599 e. The highest BCUT2D eigenvalue weighted by Crippen LogP contribution is 2.36. The van der Waals surface area contributed by atoms with Gasteiger partial charge in [-0.25, -0.2) is 0 Å². The third-order valence-corrected chi connectivity index (χ3v) is 5.21.